The SMILES string of the molecule is CO[C@H]1O[C@H](C(=O)C[C@@H]2C=C[C@@H]3O[C@H](c4ccccc4)OC[C@H]3O2)[C@@H](OCc2ccccc2)[C@H](OCc2ccccc2)[C@H]1OCc1ccccc1. The zero-order valence-corrected chi connectivity index (χ0v) is 28.6. The molecule has 7 rings (SSSR count). The summed E-state index contributed by atoms with van der Waals surface area (Å²) in [4.78, 5) is 14.3. The van der Waals surface area contributed by atoms with Crippen LogP contribution in [0.25, 0.3) is 0 Å². The number of methoxy groups -OCH3 is 1. The van der Waals surface area contributed by atoms with Crippen LogP contribution in [0.5, 0.6) is 0 Å². The number of ether oxygens (including phenoxy) is 8. The minimum Gasteiger partial charge on any atom is -0.368 e. The largest absolute Gasteiger partial charge is 0.368 e. The molecule has 0 N–H and O–H groups in total. The summed E-state index contributed by atoms with van der Waals surface area (Å²) in [5, 5.41) is 0. The van der Waals surface area contributed by atoms with E-state index in [-0.39, 0.29) is 37.6 Å². The number of hydrogen-bond donors (Lipinski definition) is 0. The van der Waals surface area contributed by atoms with Gasteiger partial charge in [-0.05, 0) is 16.7 Å². The first-order valence-corrected chi connectivity index (χ1v) is 17.5. The van der Waals surface area contributed by atoms with Gasteiger partial charge in [-0.25, -0.2) is 0 Å². The lowest BCUT2D eigenvalue weighted by Crippen LogP contribution is -2.62. The van der Waals surface area contributed by atoms with E-state index in [4.69, 9.17) is 37.9 Å². The van der Waals surface area contributed by atoms with Crippen molar-refractivity contribution < 1.29 is 42.7 Å². The van der Waals surface area contributed by atoms with Crippen LogP contribution < -0.4 is 0 Å². The van der Waals surface area contributed by atoms with Gasteiger partial charge in [-0.15, -0.1) is 0 Å². The van der Waals surface area contributed by atoms with E-state index in [2.05, 4.69) is 0 Å². The van der Waals surface area contributed by atoms with E-state index in [1.807, 2.05) is 133 Å². The zero-order valence-electron chi connectivity index (χ0n) is 28.6. The normalized spacial score (nSPS) is 28.9. The highest BCUT2D eigenvalue weighted by molar-refractivity contribution is 5.84. The summed E-state index contributed by atoms with van der Waals surface area (Å²) in [5.41, 5.74) is 3.86. The Hall–Kier alpha value is -4.03. The molecule has 3 heterocycles. The van der Waals surface area contributed by atoms with Gasteiger partial charge in [-0.3, -0.25) is 4.79 Å². The summed E-state index contributed by atoms with van der Waals surface area (Å²) in [6.45, 7) is 1.15. The molecule has 9 atom stereocenters. The van der Waals surface area contributed by atoms with E-state index >= 15 is 0 Å². The Morgan fingerprint density at radius 1 is 0.627 bits per heavy atom. The molecule has 0 aromatic heterocycles. The van der Waals surface area contributed by atoms with Crippen molar-refractivity contribution in [2.75, 3.05) is 13.7 Å². The molecule has 0 spiro atoms. The second-order valence-electron chi connectivity index (χ2n) is 12.9. The van der Waals surface area contributed by atoms with Crippen LogP contribution in [0, 0.1) is 0 Å². The fourth-order valence-electron chi connectivity index (χ4n) is 6.66. The summed E-state index contributed by atoms with van der Waals surface area (Å²) in [5.74, 6) is -0.196. The van der Waals surface area contributed by atoms with E-state index in [0.29, 0.717) is 13.2 Å². The Morgan fingerprint density at radius 2 is 1.16 bits per heavy atom. The highest BCUT2D eigenvalue weighted by Gasteiger charge is 2.51. The minimum absolute atomic E-state index is 0.0507. The Morgan fingerprint density at radius 3 is 1.73 bits per heavy atom. The molecule has 51 heavy (non-hydrogen) atoms. The summed E-state index contributed by atoms with van der Waals surface area (Å²) in [6.07, 6.45) is -1.88. The second-order valence-corrected chi connectivity index (χ2v) is 12.9. The van der Waals surface area contributed by atoms with E-state index in [0.717, 1.165) is 22.3 Å². The van der Waals surface area contributed by atoms with Crippen molar-refractivity contribution in [2.24, 2.45) is 0 Å². The second kappa shape index (κ2) is 17.5. The van der Waals surface area contributed by atoms with Crippen molar-refractivity contribution in [3.05, 3.63) is 156 Å². The molecule has 9 nitrogen and oxygen atoms in total. The molecule has 2 saturated heterocycles. The fourth-order valence-corrected chi connectivity index (χ4v) is 6.66. The molecular formula is C42H44O9. The summed E-state index contributed by atoms with van der Waals surface area (Å²) in [7, 11) is 1.55. The smallest absolute Gasteiger partial charge is 0.187 e. The van der Waals surface area contributed by atoms with Crippen molar-refractivity contribution in [1.82, 2.24) is 0 Å². The summed E-state index contributed by atoms with van der Waals surface area (Å²) in [6, 6.07) is 39.4. The van der Waals surface area contributed by atoms with Crippen molar-refractivity contribution in [1.29, 1.82) is 0 Å². The monoisotopic (exact) mass is 692 g/mol. The molecule has 0 radical (unpaired) electrons. The number of rotatable bonds is 14. The van der Waals surface area contributed by atoms with E-state index < -0.39 is 43.1 Å². The highest BCUT2D eigenvalue weighted by atomic mass is 16.7. The van der Waals surface area contributed by atoms with Crippen LogP contribution in [0.15, 0.2) is 133 Å². The zero-order chi connectivity index (χ0) is 34.8. The average molecular weight is 693 g/mol. The molecule has 2 fully saturated rings. The predicted octanol–water partition coefficient (Wildman–Crippen LogP) is 6.51. The topological polar surface area (TPSA) is 90.9 Å². The van der Waals surface area contributed by atoms with Crippen molar-refractivity contribution in [2.45, 2.75) is 81.5 Å². The van der Waals surface area contributed by atoms with Gasteiger partial charge in [-0.1, -0.05) is 133 Å². The molecule has 4 aromatic rings. The third-order valence-electron chi connectivity index (χ3n) is 9.30. The lowest BCUT2D eigenvalue weighted by atomic mass is 9.92. The fraction of sp³-hybridized carbons (Fsp3) is 0.357. The van der Waals surface area contributed by atoms with E-state index in [9.17, 15) is 4.79 Å². The van der Waals surface area contributed by atoms with Crippen LogP contribution >= 0.6 is 0 Å². The lowest BCUT2D eigenvalue weighted by Gasteiger charge is -2.45. The molecular weight excluding hydrogens is 648 g/mol. The number of ketones is 1. The third-order valence-corrected chi connectivity index (χ3v) is 9.30. The maximum atomic E-state index is 14.3. The van der Waals surface area contributed by atoms with Crippen LogP contribution in [0.2, 0.25) is 0 Å². The number of Topliss-reactive ketones (excluding diaryl/α,β-unsaturated/α-hetero) is 1. The molecule has 3 aliphatic rings. The minimum atomic E-state index is -1.02. The van der Waals surface area contributed by atoms with Gasteiger partial charge in [0.25, 0.3) is 0 Å². The molecule has 0 amide bonds. The van der Waals surface area contributed by atoms with Gasteiger partial charge in [0.15, 0.2) is 18.4 Å². The molecule has 4 aromatic carbocycles. The first kappa shape index (κ1) is 35.4. The number of hydrogen-bond acceptors (Lipinski definition) is 9. The van der Waals surface area contributed by atoms with E-state index in [1.165, 1.54) is 0 Å². The predicted molar refractivity (Wildman–Crippen MR) is 188 cm³/mol. The molecule has 0 unspecified atom stereocenters. The van der Waals surface area contributed by atoms with Crippen LogP contribution in [0.4, 0.5) is 0 Å². The van der Waals surface area contributed by atoms with Crippen LogP contribution in [-0.4, -0.2) is 68.5 Å². The Kier molecular flexibility index (Phi) is 12.1. The summed E-state index contributed by atoms with van der Waals surface area (Å²) >= 11 is 0. The van der Waals surface area contributed by atoms with Crippen molar-refractivity contribution in [3.8, 4) is 0 Å². The highest BCUT2D eigenvalue weighted by Crippen LogP contribution is 2.34. The Bertz CT molecular complexity index is 1670. The Labute approximate surface area is 299 Å². The number of benzene rings is 4. The number of fused-ring (bicyclic) bond motifs is 1. The van der Waals surface area contributed by atoms with Crippen LogP contribution in [-0.2, 0) is 62.5 Å². The quantitative estimate of drug-likeness (QED) is 0.137. The molecule has 266 valence electrons. The average Bonchev–Trinajstić information content (AvgIpc) is 3.19. The molecule has 9 heteroatoms. The van der Waals surface area contributed by atoms with Gasteiger partial charge in [0, 0.05) is 19.1 Å². The van der Waals surface area contributed by atoms with Gasteiger partial charge in [0.2, 0.25) is 0 Å². The van der Waals surface area contributed by atoms with Gasteiger partial charge >= 0.3 is 0 Å². The maximum Gasteiger partial charge on any atom is 0.187 e. The van der Waals surface area contributed by atoms with Gasteiger partial charge < -0.3 is 37.9 Å². The number of carbonyl (C=O) groups excluding carboxylic acids is 1. The number of carbonyl (C=O) groups is 1. The molecule has 0 bridgehead atoms. The van der Waals surface area contributed by atoms with Crippen molar-refractivity contribution in [3.63, 3.8) is 0 Å². The molecule has 3 aliphatic heterocycles. The van der Waals surface area contributed by atoms with Crippen LogP contribution in [0.3, 0.4) is 0 Å². The first-order chi connectivity index (χ1) is 25.1. The molecule has 0 aliphatic carbocycles. The van der Waals surface area contributed by atoms with E-state index in [1.54, 1.807) is 7.11 Å². The van der Waals surface area contributed by atoms with Gasteiger partial charge in [0.05, 0.1) is 32.5 Å². The Balaban J connectivity index is 1.11. The lowest BCUT2D eigenvalue weighted by molar-refractivity contribution is -0.311. The van der Waals surface area contributed by atoms with Crippen LogP contribution in [0.1, 0.15) is 35.0 Å². The van der Waals surface area contributed by atoms with Gasteiger partial charge in [0.1, 0.15) is 36.6 Å². The van der Waals surface area contributed by atoms with Gasteiger partial charge in [-0.2, -0.15) is 0 Å². The summed E-state index contributed by atoms with van der Waals surface area (Å²) < 4.78 is 50.6. The first-order valence-electron chi connectivity index (χ1n) is 17.5. The maximum absolute atomic E-state index is 14.3. The molecule has 0 saturated carbocycles. The standard InChI is InChI=1S/C42H44O9/c1-44-42-40(47-27-31-18-10-4-11-19-31)39(46-26-30-16-8-3-9-17-30)38(45-25-29-14-6-2-7-15-29)37(51-42)34(43)24-33-22-23-35-36(49-33)28-48-41(50-35)32-20-12-5-13-21-32/h2-23,33,35-42H,24-28H2,1H3/t33-,35-,36+,37+,38+,39-,40+,41+,42-/m0/s1. The third kappa shape index (κ3) is 9.07. The van der Waals surface area contributed by atoms with Crippen molar-refractivity contribution >= 4 is 5.78 Å².